The summed E-state index contributed by atoms with van der Waals surface area (Å²) in [5.41, 5.74) is 0.452. The summed E-state index contributed by atoms with van der Waals surface area (Å²) < 4.78 is 32.4. The Labute approximate surface area is 250 Å². The fourth-order valence-electron chi connectivity index (χ4n) is 4.46. The lowest BCUT2D eigenvalue weighted by atomic mass is 10.1. The third-order valence-electron chi connectivity index (χ3n) is 6.79. The molecule has 4 atom stereocenters. The molecule has 41 heavy (non-hydrogen) atoms. The molecule has 1 saturated heterocycles. The first-order valence-corrected chi connectivity index (χ1v) is 16.0. The van der Waals surface area contributed by atoms with Crippen LogP contribution >= 0.6 is 23.5 Å². The van der Waals surface area contributed by atoms with Crippen LogP contribution in [-0.4, -0.2) is 40.8 Å². The SMILES string of the molecule is CCCCCCCCOc1ccc(SC2SC(OC(=O)c3ccccc3C)[C@@H](OC(=O)c3ccccc3)[C@@H]2F)cc1. The fraction of sp³-hybridized carbons (Fsp3) is 0.394. The number of hydrogen-bond acceptors (Lipinski definition) is 7. The van der Waals surface area contributed by atoms with E-state index in [9.17, 15) is 9.59 Å². The van der Waals surface area contributed by atoms with Crippen LogP contribution < -0.4 is 4.74 Å². The van der Waals surface area contributed by atoms with Gasteiger partial charge < -0.3 is 14.2 Å². The van der Waals surface area contributed by atoms with Gasteiger partial charge in [0.2, 0.25) is 0 Å². The van der Waals surface area contributed by atoms with Crippen LogP contribution in [0.3, 0.4) is 0 Å². The van der Waals surface area contributed by atoms with E-state index in [2.05, 4.69) is 6.92 Å². The zero-order valence-electron chi connectivity index (χ0n) is 23.5. The number of alkyl halides is 1. The van der Waals surface area contributed by atoms with Gasteiger partial charge in [0, 0.05) is 4.90 Å². The van der Waals surface area contributed by atoms with Gasteiger partial charge in [-0.3, -0.25) is 0 Å². The van der Waals surface area contributed by atoms with Gasteiger partial charge in [0.15, 0.2) is 17.7 Å². The van der Waals surface area contributed by atoms with Crippen LogP contribution in [0.5, 0.6) is 5.75 Å². The molecule has 4 rings (SSSR count). The molecule has 1 aliphatic rings. The monoisotopic (exact) mass is 596 g/mol. The summed E-state index contributed by atoms with van der Waals surface area (Å²) in [5, 5.41) is 0. The molecule has 5 nitrogen and oxygen atoms in total. The molecule has 1 fully saturated rings. The zero-order chi connectivity index (χ0) is 29.0. The largest absolute Gasteiger partial charge is 0.494 e. The van der Waals surface area contributed by atoms with Crippen molar-refractivity contribution >= 4 is 35.5 Å². The van der Waals surface area contributed by atoms with E-state index >= 15 is 4.39 Å². The summed E-state index contributed by atoms with van der Waals surface area (Å²) in [6, 6.07) is 23.0. The number of esters is 2. The Kier molecular flexibility index (Phi) is 12.0. The number of hydrogen-bond donors (Lipinski definition) is 0. The van der Waals surface area contributed by atoms with Crippen LogP contribution in [0.25, 0.3) is 0 Å². The van der Waals surface area contributed by atoms with Crippen molar-refractivity contribution in [1.82, 2.24) is 0 Å². The Bertz CT molecular complexity index is 1250. The van der Waals surface area contributed by atoms with Gasteiger partial charge in [-0.2, -0.15) is 0 Å². The highest BCUT2D eigenvalue weighted by Crippen LogP contribution is 2.47. The van der Waals surface area contributed by atoms with Crippen molar-refractivity contribution in [1.29, 1.82) is 0 Å². The van der Waals surface area contributed by atoms with E-state index in [-0.39, 0.29) is 0 Å². The number of ether oxygens (including phenoxy) is 3. The lowest BCUT2D eigenvalue weighted by Gasteiger charge is -2.21. The van der Waals surface area contributed by atoms with Crippen molar-refractivity contribution in [3.05, 3.63) is 95.6 Å². The summed E-state index contributed by atoms with van der Waals surface area (Å²) in [6.45, 7) is 4.69. The van der Waals surface area contributed by atoms with Crippen molar-refractivity contribution < 1.29 is 28.2 Å². The molecule has 1 aliphatic heterocycles. The first-order chi connectivity index (χ1) is 20.0. The van der Waals surface area contributed by atoms with Gasteiger partial charge in [0.1, 0.15) is 5.75 Å². The van der Waals surface area contributed by atoms with Gasteiger partial charge in [-0.15, -0.1) is 11.8 Å². The van der Waals surface area contributed by atoms with Gasteiger partial charge >= 0.3 is 11.9 Å². The van der Waals surface area contributed by atoms with Gasteiger partial charge in [0.05, 0.1) is 22.3 Å². The molecule has 0 saturated carbocycles. The molecule has 3 aromatic carbocycles. The van der Waals surface area contributed by atoms with Crippen molar-refractivity contribution in [2.75, 3.05) is 6.61 Å². The Morgan fingerprint density at radius 3 is 2.24 bits per heavy atom. The number of thioether (sulfide) groups is 2. The average molecular weight is 597 g/mol. The standard InChI is InChI=1S/C33H37FO5S2/c1-3-4-5-6-7-13-22-37-25-18-20-26(21-19-25)40-33-28(34)29(38-30(35)24-15-9-8-10-16-24)32(41-33)39-31(36)27-17-12-11-14-23(27)2/h8-12,14-21,28-29,32-33H,3-7,13,22H2,1-2H3/t28-,29-,32?,33?/m0/s1. The van der Waals surface area contributed by atoms with Gasteiger partial charge in [-0.05, 0) is 61.4 Å². The van der Waals surface area contributed by atoms with E-state index in [0.29, 0.717) is 17.7 Å². The highest BCUT2D eigenvalue weighted by atomic mass is 32.2. The van der Waals surface area contributed by atoms with Crippen LogP contribution in [0.4, 0.5) is 4.39 Å². The zero-order valence-corrected chi connectivity index (χ0v) is 25.1. The van der Waals surface area contributed by atoms with E-state index in [4.69, 9.17) is 14.2 Å². The molecule has 3 aromatic rings. The second kappa shape index (κ2) is 15.9. The molecule has 0 aliphatic carbocycles. The molecule has 8 heteroatoms. The molecule has 218 valence electrons. The number of benzene rings is 3. The number of aryl methyl sites for hydroxylation is 1. The number of halogens is 1. The van der Waals surface area contributed by atoms with E-state index in [1.54, 1.807) is 42.5 Å². The number of carbonyl (C=O) groups is 2. The third kappa shape index (κ3) is 9.01. The minimum atomic E-state index is -1.56. The summed E-state index contributed by atoms with van der Waals surface area (Å²) in [4.78, 5) is 26.6. The van der Waals surface area contributed by atoms with Crippen LogP contribution in [0.2, 0.25) is 0 Å². The quantitative estimate of drug-likeness (QED) is 0.136. The fourth-order valence-corrected chi connectivity index (χ4v) is 7.26. The Morgan fingerprint density at radius 1 is 0.829 bits per heavy atom. The summed E-state index contributed by atoms with van der Waals surface area (Å²) in [6.07, 6.45) is 4.40. The van der Waals surface area contributed by atoms with Crippen molar-refractivity contribution in [2.24, 2.45) is 0 Å². The van der Waals surface area contributed by atoms with E-state index in [1.165, 1.54) is 37.4 Å². The first-order valence-electron chi connectivity index (χ1n) is 14.2. The first kappa shape index (κ1) is 31.0. The predicted molar refractivity (Wildman–Crippen MR) is 163 cm³/mol. The summed E-state index contributed by atoms with van der Waals surface area (Å²) in [5.74, 6) is -0.460. The smallest absolute Gasteiger partial charge is 0.339 e. The van der Waals surface area contributed by atoms with Crippen molar-refractivity contribution in [3.8, 4) is 5.75 Å². The summed E-state index contributed by atoms with van der Waals surface area (Å²) in [7, 11) is 0. The van der Waals surface area contributed by atoms with Crippen LogP contribution in [0.1, 0.15) is 71.7 Å². The number of rotatable bonds is 14. The lowest BCUT2D eigenvalue weighted by molar-refractivity contribution is -0.0266. The molecule has 0 amide bonds. The maximum atomic E-state index is 15.9. The number of unbranched alkanes of at least 4 members (excludes halogenated alkanes) is 5. The molecule has 0 aromatic heterocycles. The second-order valence-electron chi connectivity index (χ2n) is 9.98. The molecule has 2 unspecified atom stereocenters. The van der Waals surface area contributed by atoms with Crippen molar-refractivity contribution in [3.63, 3.8) is 0 Å². The Hall–Kier alpha value is -2.97. The van der Waals surface area contributed by atoms with E-state index in [0.717, 1.165) is 40.8 Å². The lowest BCUT2D eigenvalue weighted by Crippen LogP contribution is -2.36. The maximum Gasteiger partial charge on any atom is 0.339 e. The van der Waals surface area contributed by atoms with Gasteiger partial charge in [0.25, 0.3) is 0 Å². The third-order valence-corrected chi connectivity index (χ3v) is 9.61. The Morgan fingerprint density at radius 2 is 1.51 bits per heavy atom. The topological polar surface area (TPSA) is 61.8 Å². The van der Waals surface area contributed by atoms with Crippen LogP contribution in [0, 0.1) is 6.92 Å². The van der Waals surface area contributed by atoms with Gasteiger partial charge in [-0.1, -0.05) is 87.2 Å². The summed E-state index contributed by atoms with van der Waals surface area (Å²) >= 11 is 2.47. The normalized spacial score (nSPS) is 20.0. The van der Waals surface area contributed by atoms with Crippen LogP contribution in [-0.2, 0) is 9.47 Å². The highest BCUT2D eigenvalue weighted by Gasteiger charge is 2.50. The number of carbonyl (C=O) groups excluding carboxylic acids is 2. The Balaban J connectivity index is 1.39. The maximum absolute atomic E-state index is 15.9. The molecule has 0 bridgehead atoms. The molecule has 1 heterocycles. The molecule has 0 N–H and O–H groups in total. The van der Waals surface area contributed by atoms with Gasteiger partial charge in [-0.25, -0.2) is 14.0 Å². The molecular weight excluding hydrogens is 559 g/mol. The predicted octanol–water partition coefficient (Wildman–Crippen LogP) is 8.65. The molecule has 0 radical (unpaired) electrons. The highest BCUT2D eigenvalue weighted by molar-refractivity contribution is 8.17. The minimum absolute atomic E-state index is 0.307. The minimum Gasteiger partial charge on any atom is -0.494 e. The van der Waals surface area contributed by atoms with Crippen molar-refractivity contribution in [2.45, 2.75) is 79.6 Å². The van der Waals surface area contributed by atoms with E-state index < -0.39 is 34.2 Å². The van der Waals surface area contributed by atoms with E-state index in [1.807, 2.05) is 43.3 Å². The molecule has 0 spiro atoms. The average Bonchev–Trinajstić information content (AvgIpc) is 3.26. The van der Waals surface area contributed by atoms with Crippen LogP contribution in [0.15, 0.2) is 83.8 Å². The second-order valence-corrected chi connectivity index (χ2v) is 12.7. The molecular formula is C33H37FO5S2.